The maximum Gasteiger partial charge on any atom is 0.294 e. The van der Waals surface area contributed by atoms with Crippen molar-refractivity contribution in [2.45, 2.75) is 32.6 Å². The van der Waals surface area contributed by atoms with Gasteiger partial charge in [-0.25, -0.2) is 0 Å². The molecule has 4 nitrogen and oxygen atoms in total. The summed E-state index contributed by atoms with van der Waals surface area (Å²) in [6.45, 7) is 3.30. The predicted octanol–water partition coefficient (Wildman–Crippen LogP) is 2.65. The molecule has 1 aliphatic heterocycles. The summed E-state index contributed by atoms with van der Waals surface area (Å²) in [5.41, 5.74) is 0.569. The fourth-order valence-electron chi connectivity index (χ4n) is 1.91. The SMILES string of the molecule is Cc1noc(C(=O)N2CCCCCC2)c1Cl. The molecule has 2 rings (SSSR count). The van der Waals surface area contributed by atoms with Gasteiger partial charge in [-0.05, 0) is 19.8 Å². The molecule has 1 amide bonds. The topological polar surface area (TPSA) is 46.3 Å². The van der Waals surface area contributed by atoms with Crippen LogP contribution in [0.15, 0.2) is 4.52 Å². The maximum atomic E-state index is 12.1. The standard InChI is InChI=1S/C11H15ClN2O2/c1-8-9(12)10(16-13-8)11(15)14-6-4-2-3-5-7-14/h2-7H2,1H3. The number of carbonyl (C=O) groups excluding carboxylic acids is 1. The van der Waals surface area contributed by atoms with Crippen molar-refractivity contribution >= 4 is 17.5 Å². The highest BCUT2D eigenvalue weighted by atomic mass is 35.5. The number of aryl methyl sites for hydroxylation is 1. The molecular weight excluding hydrogens is 228 g/mol. The Kier molecular flexibility index (Phi) is 3.49. The van der Waals surface area contributed by atoms with Gasteiger partial charge >= 0.3 is 0 Å². The molecule has 0 aliphatic carbocycles. The number of amides is 1. The van der Waals surface area contributed by atoms with Gasteiger partial charge in [0.25, 0.3) is 5.91 Å². The lowest BCUT2D eigenvalue weighted by Gasteiger charge is -2.18. The smallest absolute Gasteiger partial charge is 0.294 e. The molecule has 1 aromatic rings. The molecule has 0 saturated carbocycles. The van der Waals surface area contributed by atoms with Crippen molar-refractivity contribution in [1.82, 2.24) is 10.1 Å². The fourth-order valence-corrected chi connectivity index (χ4v) is 2.06. The zero-order valence-electron chi connectivity index (χ0n) is 9.33. The molecule has 1 aromatic heterocycles. The second-order valence-electron chi connectivity index (χ2n) is 4.12. The number of rotatable bonds is 1. The van der Waals surface area contributed by atoms with Crippen molar-refractivity contribution in [2.75, 3.05) is 13.1 Å². The molecule has 0 atom stereocenters. The lowest BCUT2D eigenvalue weighted by Crippen LogP contribution is -2.31. The van der Waals surface area contributed by atoms with Gasteiger partial charge in [0.15, 0.2) is 0 Å². The summed E-state index contributed by atoms with van der Waals surface area (Å²) in [5, 5.41) is 4.04. The van der Waals surface area contributed by atoms with Crippen molar-refractivity contribution in [1.29, 1.82) is 0 Å². The highest BCUT2D eigenvalue weighted by Gasteiger charge is 2.24. The largest absolute Gasteiger partial charge is 0.349 e. The van der Waals surface area contributed by atoms with E-state index >= 15 is 0 Å². The van der Waals surface area contributed by atoms with Crippen molar-refractivity contribution in [2.24, 2.45) is 0 Å². The third-order valence-electron chi connectivity index (χ3n) is 2.88. The quantitative estimate of drug-likeness (QED) is 0.761. The fraction of sp³-hybridized carbons (Fsp3) is 0.636. The Hall–Kier alpha value is -1.03. The van der Waals surface area contributed by atoms with E-state index in [2.05, 4.69) is 5.16 Å². The number of hydrogen-bond donors (Lipinski definition) is 0. The Balaban J connectivity index is 2.14. The Bertz CT molecular complexity index is 381. The number of nitrogens with zero attached hydrogens (tertiary/aromatic N) is 2. The molecule has 0 aromatic carbocycles. The van der Waals surface area contributed by atoms with Crippen molar-refractivity contribution in [3.8, 4) is 0 Å². The number of aromatic nitrogens is 1. The predicted molar refractivity (Wildman–Crippen MR) is 60.6 cm³/mol. The minimum Gasteiger partial charge on any atom is -0.349 e. The van der Waals surface area contributed by atoms with E-state index in [0.29, 0.717) is 10.7 Å². The summed E-state index contributed by atoms with van der Waals surface area (Å²) < 4.78 is 4.98. The van der Waals surface area contributed by atoms with Crippen LogP contribution < -0.4 is 0 Å². The first-order valence-corrected chi connectivity index (χ1v) is 5.99. The van der Waals surface area contributed by atoms with Crippen LogP contribution in [0.1, 0.15) is 41.9 Å². The van der Waals surface area contributed by atoms with Crippen LogP contribution in [0.3, 0.4) is 0 Å². The van der Waals surface area contributed by atoms with Gasteiger partial charge in [0.05, 0.1) is 5.69 Å². The Morgan fingerprint density at radius 3 is 2.44 bits per heavy atom. The summed E-state index contributed by atoms with van der Waals surface area (Å²) >= 11 is 5.96. The van der Waals surface area contributed by atoms with Crippen molar-refractivity contribution in [3.05, 3.63) is 16.5 Å². The normalized spacial score (nSPS) is 17.2. The minimum absolute atomic E-state index is 0.132. The first-order chi connectivity index (χ1) is 7.70. The minimum atomic E-state index is -0.132. The Morgan fingerprint density at radius 1 is 1.31 bits per heavy atom. The number of likely N-dealkylation sites (tertiary alicyclic amines) is 1. The molecule has 0 spiro atoms. The van der Waals surface area contributed by atoms with Crippen LogP contribution in [0.5, 0.6) is 0 Å². The van der Waals surface area contributed by atoms with Crippen LogP contribution >= 0.6 is 11.6 Å². The maximum absolute atomic E-state index is 12.1. The van der Waals surface area contributed by atoms with Crippen LogP contribution in [0.2, 0.25) is 5.02 Å². The summed E-state index contributed by atoms with van der Waals surface area (Å²) in [6, 6.07) is 0. The zero-order chi connectivity index (χ0) is 11.5. The van der Waals surface area contributed by atoms with Gasteiger partial charge < -0.3 is 9.42 Å². The van der Waals surface area contributed by atoms with Crippen LogP contribution in [0.25, 0.3) is 0 Å². The average Bonchev–Trinajstić information content (AvgIpc) is 2.53. The lowest BCUT2D eigenvalue weighted by molar-refractivity contribution is 0.0720. The van der Waals surface area contributed by atoms with Crippen molar-refractivity contribution in [3.63, 3.8) is 0 Å². The molecule has 2 heterocycles. The summed E-state index contributed by atoms with van der Waals surface area (Å²) in [5.74, 6) is 0.0496. The van der Waals surface area contributed by atoms with E-state index in [0.717, 1.165) is 25.9 Å². The molecule has 0 N–H and O–H groups in total. The van der Waals surface area contributed by atoms with E-state index in [4.69, 9.17) is 16.1 Å². The molecule has 0 radical (unpaired) electrons. The van der Waals surface area contributed by atoms with Gasteiger partial charge in [0.1, 0.15) is 5.02 Å². The van der Waals surface area contributed by atoms with Crippen LogP contribution in [0, 0.1) is 6.92 Å². The van der Waals surface area contributed by atoms with E-state index < -0.39 is 0 Å². The van der Waals surface area contributed by atoms with Gasteiger partial charge in [-0.3, -0.25) is 4.79 Å². The van der Waals surface area contributed by atoms with Crippen LogP contribution in [-0.4, -0.2) is 29.1 Å². The van der Waals surface area contributed by atoms with Gasteiger partial charge in [-0.1, -0.05) is 29.6 Å². The Morgan fingerprint density at radius 2 is 1.94 bits per heavy atom. The van der Waals surface area contributed by atoms with E-state index in [-0.39, 0.29) is 11.7 Å². The van der Waals surface area contributed by atoms with Crippen molar-refractivity contribution < 1.29 is 9.32 Å². The lowest BCUT2D eigenvalue weighted by atomic mass is 10.2. The molecular formula is C11H15ClN2O2. The number of carbonyl (C=O) groups is 1. The number of hydrogen-bond acceptors (Lipinski definition) is 3. The van der Waals surface area contributed by atoms with E-state index in [9.17, 15) is 4.79 Å². The molecule has 5 heteroatoms. The third-order valence-corrected chi connectivity index (χ3v) is 3.32. The number of halogens is 1. The third kappa shape index (κ3) is 2.21. The molecule has 0 unspecified atom stereocenters. The summed E-state index contributed by atoms with van der Waals surface area (Å²) in [4.78, 5) is 13.9. The molecule has 1 fully saturated rings. The van der Waals surface area contributed by atoms with Crippen LogP contribution in [0.4, 0.5) is 0 Å². The summed E-state index contributed by atoms with van der Waals surface area (Å²) in [6.07, 6.45) is 4.48. The van der Waals surface area contributed by atoms with Gasteiger partial charge in [0, 0.05) is 13.1 Å². The Labute approximate surface area is 99.5 Å². The molecule has 16 heavy (non-hydrogen) atoms. The van der Waals surface area contributed by atoms with Gasteiger partial charge in [0.2, 0.25) is 5.76 Å². The highest BCUT2D eigenvalue weighted by molar-refractivity contribution is 6.33. The molecule has 88 valence electrons. The van der Waals surface area contributed by atoms with E-state index in [1.165, 1.54) is 12.8 Å². The zero-order valence-corrected chi connectivity index (χ0v) is 10.1. The molecule has 0 bridgehead atoms. The average molecular weight is 243 g/mol. The second kappa shape index (κ2) is 4.87. The monoisotopic (exact) mass is 242 g/mol. The molecule has 1 aliphatic rings. The second-order valence-corrected chi connectivity index (χ2v) is 4.50. The van der Waals surface area contributed by atoms with E-state index in [1.54, 1.807) is 11.8 Å². The van der Waals surface area contributed by atoms with Gasteiger partial charge in [-0.15, -0.1) is 0 Å². The highest BCUT2D eigenvalue weighted by Crippen LogP contribution is 2.22. The first-order valence-electron chi connectivity index (χ1n) is 5.61. The first kappa shape index (κ1) is 11.5. The van der Waals surface area contributed by atoms with Gasteiger partial charge in [-0.2, -0.15) is 0 Å². The molecule has 1 saturated heterocycles. The van der Waals surface area contributed by atoms with Crippen LogP contribution in [-0.2, 0) is 0 Å². The van der Waals surface area contributed by atoms with E-state index in [1.807, 2.05) is 0 Å². The summed E-state index contributed by atoms with van der Waals surface area (Å²) in [7, 11) is 0.